The van der Waals surface area contributed by atoms with Gasteiger partial charge in [-0.3, -0.25) is 0 Å². The van der Waals surface area contributed by atoms with Gasteiger partial charge in [0.05, 0.1) is 34.2 Å². The quantitative estimate of drug-likeness (QED) is 0.239. The number of aromatic nitrogens is 1. The van der Waals surface area contributed by atoms with Gasteiger partial charge in [-0.05, 0) is 12.1 Å². The van der Waals surface area contributed by atoms with Gasteiger partial charge in [0.15, 0.2) is 17.3 Å². The van der Waals surface area contributed by atoms with Crippen molar-refractivity contribution in [1.29, 1.82) is 0 Å². The molecule has 4 rings (SSSR count). The molecule has 0 saturated carbocycles. The number of hydrogen-bond donors (Lipinski definition) is 4. The van der Waals surface area contributed by atoms with Gasteiger partial charge in [-0.15, -0.1) is 22.7 Å². The summed E-state index contributed by atoms with van der Waals surface area (Å²) in [6, 6.07) is 3.82. The smallest absolute Gasteiger partial charge is 0.346 e. The molecule has 0 saturated heterocycles. The Labute approximate surface area is 208 Å². The van der Waals surface area contributed by atoms with Crippen LogP contribution in [0, 0.1) is 11.6 Å². The van der Waals surface area contributed by atoms with Crippen molar-refractivity contribution in [3.8, 4) is 11.5 Å². The largest absolute Gasteiger partial charge is 0.493 e. The van der Waals surface area contributed by atoms with Crippen LogP contribution in [0.25, 0.3) is 10.2 Å². The van der Waals surface area contributed by atoms with Gasteiger partial charge in [-0.25, -0.2) is 28.1 Å². The molecule has 2 aromatic carbocycles. The van der Waals surface area contributed by atoms with Gasteiger partial charge in [0.2, 0.25) is 0 Å². The Kier molecular flexibility index (Phi) is 6.98. The molecule has 14 heteroatoms. The predicted molar refractivity (Wildman–Crippen MR) is 128 cm³/mol. The number of carboxylic acids is 2. The van der Waals surface area contributed by atoms with Crippen molar-refractivity contribution in [2.75, 3.05) is 17.7 Å². The lowest BCUT2D eigenvalue weighted by atomic mass is 10.2. The van der Waals surface area contributed by atoms with Crippen LogP contribution in [0.15, 0.2) is 35.2 Å². The zero-order chi connectivity index (χ0) is 26.0. The van der Waals surface area contributed by atoms with E-state index in [4.69, 9.17) is 14.6 Å². The number of ether oxygens (including phenoxy) is 2. The van der Waals surface area contributed by atoms with E-state index in [9.17, 15) is 28.3 Å². The van der Waals surface area contributed by atoms with Gasteiger partial charge in [-0.1, -0.05) is 0 Å². The van der Waals surface area contributed by atoms with E-state index in [1.165, 1.54) is 30.6 Å². The maximum atomic E-state index is 14.6. The molecule has 0 unspecified atom stereocenters. The number of benzene rings is 2. The van der Waals surface area contributed by atoms with Crippen molar-refractivity contribution < 1.29 is 42.9 Å². The average Bonchev–Trinajstić information content (AvgIpc) is 3.47. The molecule has 4 N–H and O–H groups in total. The number of thiophene rings is 1. The van der Waals surface area contributed by atoms with Crippen molar-refractivity contribution >= 4 is 62.2 Å². The number of nitrogens with zero attached hydrogens (tertiary/aromatic N) is 1. The second-order valence-corrected chi connectivity index (χ2v) is 8.78. The number of hydrogen-bond acceptors (Lipinski definition) is 8. The van der Waals surface area contributed by atoms with E-state index in [1.807, 2.05) is 0 Å². The molecule has 0 spiro atoms. The van der Waals surface area contributed by atoms with Crippen LogP contribution in [-0.4, -0.2) is 40.3 Å². The number of amides is 2. The second kappa shape index (κ2) is 10.1. The second-order valence-electron chi connectivity index (χ2n) is 7.04. The Morgan fingerprint density at radius 3 is 2.44 bits per heavy atom. The van der Waals surface area contributed by atoms with E-state index in [0.717, 1.165) is 17.5 Å². The number of carbonyl (C=O) groups is 3. The molecule has 36 heavy (non-hydrogen) atoms. The topological polar surface area (TPSA) is 147 Å². The Balaban J connectivity index is 1.56. The molecule has 0 bridgehead atoms. The Bertz CT molecular complexity index is 1500. The van der Waals surface area contributed by atoms with Crippen molar-refractivity contribution in [2.24, 2.45) is 0 Å². The highest BCUT2D eigenvalue weighted by Crippen LogP contribution is 2.35. The number of methoxy groups -OCH3 is 1. The number of anilines is 2. The molecule has 2 aromatic heterocycles. The van der Waals surface area contributed by atoms with E-state index in [-0.39, 0.29) is 35.0 Å². The minimum atomic E-state index is -1.56. The van der Waals surface area contributed by atoms with Crippen molar-refractivity contribution in [2.45, 2.75) is 6.61 Å². The number of rotatable bonds is 8. The van der Waals surface area contributed by atoms with Gasteiger partial charge < -0.3 is 30.3 Å². The lowest BCUT2D eigenvalue weighted by Gasteiger charge is -2.15. The highest BCUT2D eigenvalue weighted by atomic mass is 32.1. The lowest BCUT2D eigenvalue weighted by Crippen LogP contribution is -2.21. The summed E-state index contributed by atoms with van der Waals surface area (Å²) in [4.78, 5) is 38.8. The van der Waals surface area contributed by atoms with Crippen molar-refractivity contribution in [3.63, 3.8) is 0 Å². The number of urea groups is 1. The van der Waals surface area contributed by atoms with Gasteiger partial charge in [0.25, 0.3) is 0 Å². The van der Waals surface area contributed by atoms with Crippen LogP contribution in [-0.2, 0) is 6.61 Å². The van der Waals surface area contributed by atoms with Crippen LogP contribution in [0.2, 0.25) is 0 Å². The van der Waals surface area contributed by atoms with E-state index >= 15 is 0 Å². The highest BCUT2D eigenvalue weighted by Gasteiger charge is 2.24. The fraction of sp³-hybridized carbons (Fsp3) is 0.0909. The minimum absolute atomic E-state index is 0.00922. The first-order valence-electron chi connectivity index (χ1n) is 9.86. The normalized spacial score (nSPS) is 10.8. The Morgan fingerprint density at radius 2 is 1.75 bits per heavy atom. The Hall–Kier alpha value is -4.30. The van der Waals surface area contributed by atoms with E-state index in [2.05, 4.69) is 15.6 Å². The molecule has 4 aromatic rings. The first kappa shape index (κ1) is 24.8. The maximum Gasteiger partial charge on any atom is 0.346 e. The first-order chi connectivity index (χ1) is 17.2. The number of thiazole rings is 1. The molecule has 0 fully saturated rings. The summed E-state index contributed by atoms with van der Waals surface area (Å²) in [7, 11) is 1.27. The molecule has 0 aliphatic rings. The monoisotopic (exact) mass is 535 g/mol. The molecule has 0 aliphatic carbocycles. The van der Waals surface area contributed by atoms with Gasteiger partial charge in [0, 0.05) is 23.1 Å². The molecule has 186 valence electrons. The van der Waals surface area contributed by atoms with Crippen LogP contribution in [0.3, 0.4) is 0 Å². The number of nitrogens with one attached hydrogen (secondary N) is 2. The third-order valence-electron chi connectivity index (χ3n) is 4.87. The number of carbonyl (C=O) groups excluding carboxylic acids is 1. The molecular formula is C22H15F2N3O7S2. The fourth-order valence-electron chi connectivity index (χ4n) is 3.24. The summed E-state index contributed by atoms with van der Waals surface area (Å²) in [6.07, 6.45) is 0. The molecule has 0 aliphatic heterocycles. The zero-order valence-electron chi connectivity index (χ0n) is 18.1. The third kappa shape index (κ3) is 4.89. The van der Waals surface area contributed by atoms with Crippen molar-refractivity contribution in [1.82, 2.24) is 4.98 Å². The lowest BCUT2D eigenvalue weighted by molar-refractivity contribution is 0.0657. The van der Waals surface area contributed by atoms with Crippen LogP contribution < -0.4 is 20.1 Å². The van der Waals surface area contributed by atoms with Crippen LogP contribution in [0.5, 0.6) is 11.5 Å². The molecule has 10 nitrogen and oxygen atoms in total. The van der Waals surface area contributed by atoms with Gasteiger partial charge in [0.1, 0.15) is 22.9 Å². The molecule has 2 heterocycles. The minimum Gasteiger partial charge on any atom is -0.493 e. The van der Waals surface area contributed by atoms with E-state index < -0.39 is 40.0 Å². The summed E-state index contributed by atoms with van der Waals surface area (Å²) in [5.41, 5.74) is 1.15. The van der Waals surface area contributed by atoms with E-state index in [1.54, 1.807) is 5.51 Å². The zero-order valence-corrected chi connectivity index (χ0v) is 19.8. The van der Waals surface area contributed by atoms with Crippen LogP contribution in [0.4, 0.5) is 25.0 Å². The number of fused-ring (bicyclic) bond motifs is 1. The third-order valence-corrected chi connectivity index (χ3v) is 6.74. The highest BCUT2D eigenvalue weighted by molar-refractivity contribution is 7.17. The summed E-state index contributed by atoms with van der Waals surface area (Å²) < 4.78 is 40.4. The summed E-state index contributed by atoms with van der Waals surface area (Å²) in [5, 5.41) is 24.0. The molecule has 0 atom stereocenters. The first-order valence-corrected chi connectivity index (χ1v) is 11.6. The SMILES string of the molecule is COc1cc(F)c(NC(=O)Nc2csc(C(=O)O)c2C(=O)O)cc1OCc1c(F)ccc2ncsc12. The average molecular weight is 536 g/mol. The maximum absolute atomic E-state index is 14.6. The summed E-state index contributed by atoms with van der Waals surface area (Å²) in [5.74, 6) is -4.48. The van der Waals surface area contributed by atoms with Gasteiger partial charge in [-0.2, -0.15) is 0 Å². The van der Waals surface area contributed by atoms with Crippen LogP contribution >= 0.6 is 22.7 Å². The van der Waals surface area contributed by atoms with E-state index in [0.29, 0.717) is 21.6 Å². The standard InChI is InChI=1S/C22H15F2N3O7S2/c1-33-15-4-11(24)13(26-22(32)27-14-7-35-19(21(30)31)17(14)20(28)29)5-16(15)34-6-9-10(23)2-3-12-18(9)36-8-25-12/h2-5,7-8H,6H2,1H3,(H,28,29)(H,30,31)(H2,26,27,32). The number of carboxylic acid groups (broad SMARTS) is 2. The summed E-state index contributed by atoms with van der Waals surface area (Å²) in [6.45, 7) is -0.242. The molecule has 0 radical (unpaired) electrons. The van der Waals surface area contributed by atoms with Gasteiger partial charge >= 0.3 is 18.0 Å². The fourth-order valence-corrected chi connectivity index (χ4v) is 4.88. The van der Waals surface area contributed by atoms with Crippen LogP contribution in [0.1, 0.15) is 25.6 Å². The summed E-state index contributed by atoms with van der Waals surface area (Å²) >= 11 is 1.84. The number of halogens is 2. The van der Waals surface area contributed by atoms with Crippen molar-refractivity contribution in [3.05, 3.63) is 62.8 Å². The number of aromatic carboxylic acids is 2. The Morgan fingerprint density at radius 1 is 1.00 bits per heavy atom. The predicted octanol–water partition coefficient (Wildman–Crippen LogP) is 5.26. The molecular weight excluding hydrogens is 520 g/mol. The molecule has 2 amide bonds.